The van der Waals surface area contributed by atoms with Crippen LogP contribution >= 0.6 is 24.0 Å². The van der Waals surface area contributed by atoms with E-state index >= 15 is 0 Å². The topological polar surface area (TPSA) is 53.2 Å². The van der Waals surface area contributed by atoms with Crippen molar-refractivity contribution in [1.82, 2.24) is 15.1 Å². The predicted molar refractivity (Wildman–Crippen MR) is 122 cm³/mol. The molecule has 1 aliphatic heterocycles. The number of aliphatic imine (C=N–C) groups is 1. The molecule has 1 aromatic heterocycles. The van der Waals surface area contributed by atoms with Crippen molar-refractivity contribution in [3.63, 3.8) is 0 Å². The van der Waals surface area contributed by atoms with E-state index in [4.69, 9.17) is 14.1 Å². The van der Waals surface area contributed by atoms with Gasteiger partial charge in [-0.05, 0) is 45.0 Å². The summed E-state index contributed by atoms with van der Waals surface area (Å²) in [5.74, 6) is 2.04. The van der Waals surface area contributed by atoms with Gasteiger partial charge in [0.25, 0.3) is 0 Å². The second kappa shape index (κ2) is 14.2. The van der Waals surface area contributed by atoms with E-state index < -0.39 is 0 Å². The zero-order chi connectivity index (χ0) is 18.6. The number of ether oxygens (including phenoxy) is 1. The summed E-state index contributed by atoms with van der Waals surface area (Å²) >= 11 is 0. The SMILES string of the molecule is CCOCCCN=C(NCCc1ccco1)N1CCC(N(CC)CC)C1.I. The molecule has 0 aliphatic carbocycles. The van der Waals surface area contributed by atoms with Crippen LogP contribution in [0.1, 0.15) is 39.4 Å². The van der Waals surface area contributed by atoms with Gasteiger partial charge in [-0.1, -0.05) is 13.8 Å². The number of furan rings is 1. The zero-order valence-electron chi connectivity index (χ0n) is 17.2. The fourth-order valence-corrected chi connectivity index (χ4v) is 3.49. The first-order valence-corrected chi connectivity index (χ1v) is 10.2. The van der Waals surface area contributed by atoms with Gasteiger partial charge >= 0.3 is 0 Å². The lowest BCUT2D eigenvalue weighted by molar-refractivity contribution is 0.146. The fourth-order valence-electron chi connectivity index (χ4n) is 3.49. The number of hydrogen-bond acceptors (Lipinski definition) is 4. The average molecular weight is 492 g/mol. The molecule has 1 saturated heterocycles. The zero-order valence-corrected chi connectivity index (χ0v) is 19.5. The highest BCUT2D eigenvalue weighted by Gasteiger charge is 2.28. The quantitative estimate of drug-likeness (QED) is 0.223. The first-order valence-electron chi connectivity index (χ1n) is 10.2. The molecule has 6 nitrogen and oxygen atoms in total. The Balaban J connectivity index is 0.00000364. The van der Waals surface area contributed by atoms with Gasteiger partial charge in [0.1, 0.15) is 5.76 Å². The Labute approximate surface area is 181 Å². The highest BCUT2D eigenvalue weighted by Crippen LogP contribution is 2.15. The summed E-state index contributed by atoms with van der Waals surface area (Å²) in [4.78, 5) is 9.80. The van der Waals surface area contributed by atoms with Crippen molar-refractivity contribution in [2.75, 3.05) is 52.5 Å². The molecule has 156 valence electrons. The van der Waals surface area contributed by atoms with Crippen LogP contribution < -0.4 is 5.32 Å². The first-order chi connectivity index (χ1) is 12.8. The maximum atomic E-state index is 5.43. The smallest absolute Gasteiger partial charge is 0.193 e. The average Bonchev–Trinajstić information content (AvgIpc) is 3.33. The van der Waals surface area contributed by atoms with Crippen LogP contribution in [0.4, 0.5) is 0 Å². The molecule has 0 aromatic carbocycles. The van der Waals surface area contributed by atoms with Crippen LogP contribution in [0.2, 0.25) is 0 Å². The van der Waals surface area contributed by atoms with Crippen LogP contribution in [0.5, 0.6) is 0 Å². The fraction of sp³-hybridized carbons (Fsp3) is 0.750. The molecule has 1 N–H and O–H groups in total. The Kier molecular flexibility index (Phi) is 12.8. The van der Waals surface area contributed by atoms with Crippen LogP contribution in [-0.4, -0.2) is 74.3 Å². The monoisotopic (exact) mass is 492 g/mol. The second-order valence-corrected chi connectivity index (χ2v) is 6.62. The first kappa shape index (κ1) is 24.2. The number of guanidine groups is 1. The van der Waals surface area contributed by atoms with Gasteiger partial charge in [-0.15, -0.1) is 24.0 Å². The van der Waals surface area contributed by atoms with Gasteiger partial charge in [0, 0.05) is 51.9 Å². The molecule has 27 heavy (non-hydrogen) atoms. The molecular weight excluding hydrogens is 455 g/mol. The van der Waals surface area contributed by atoms with Gasteiger partial charge in [0.05, 0.1) is 6.26 Å². The third kappa shape index (κ3) is 8.39. The lowest BCUT2D eigenvalue weighted by Crippen LogP contribution is -2.44. The second-order valence-electron chi connectivity index (χ2n) is 6.62. The summed E-state index contributed by atoms with van der Waals surface area (Å²) in [5.41, 5.74) is 0. The van der Waals surface area contributed by atoms with E-state index in [1.165, 1.54) is 6.42 Å². The van der Waals surface area contributed by atoms with Crippen molar-refractivity contribution in [1.29, 1.82) is 0 Å². The summed E-state index contributed by atoms with van der Waals surface area (Å²) in [6.07, 6.45) is 4.77. The van der Waals surface area contributed by atoms with Crippen LogP contribution in [-0.2, 0) is 11.2 Å². The molecule has 0 spiro atoms. The van der Waals surface area contributed by atoms with Gasteiger partial charge in [-0.3, -0.25) is 9.89 Å². The Morgan fingerprint density at radius 1 is 1.37 bits per heavy atom. The normalized spacial score (nSPS) is 17.4. The predicted octanol–water partition coefficient (Wildman–Crippen LogP) is 3.23. The molecule has 0 bridgehead atoms. The number of nitrogens with zero attached hydrogens (tertiary/aromatic N) is 3. The lowest BCUT2D eigenvalue weighted by Gasteiger charge is -2.27. The number of likely N-dealkylation sites (tertiary alicyclic amines) is 1. The molecule has 7 heteroatoms. The summed E-state index contributed by atoms with van der Waals surface area (Å²) in [6, 6.07) is 4.59. The molecule has 1 atom stereocenters. The van der Waals surface area contributed by atoms with Crippen molar-refractivity contribution in [2.24, 2.45) is 4.99 Å². The largest absolute Gasteiger partial charge is 0.469 e. The Hall–Kier alpha value is -0.800. The Morgan fingerprint density at radius 2 is 2.19 bits per heavy atom. The van der Waals surface area contributed by atoms with Gasteiger partial charge < -0.3 is 19.4 Å². The number of likely N-dealkylation sites (N-methyl/N-ethyl adjacent to an activating group) is 1. The highest BCUT2D eigenvalue weighted by atomic mass is 127. The van der Waals surface area contributed by atoms with E-state index in [2.05, 4.69) is 29.0 Å². The van der Waals surface area contributed by atoms with Gasteiger partial charge in [0.15, 0.2) is 5.96 Å². The van der Waals surface area contributed by atoms with Gasteiger partial charge in [-0.2, -0.15) is 0 Å². The molecule has 2 rings (SSSR count). The van der Waals surface area contributed by atoms with Gasteiger partial charge in [-0.25, -0.2) is 0 Å². The maximum Gasteiger partial charge on any atom is 0.193 e. The highest BCUT2D eigenvalue weighted by molar-refractivity contribution is 14.0. The van der Waals surface area contributed by atoms with Crippen molar-refractivity contribution in [2.45, 2.75) is 46.1 Å². The number of rotatable bonds is 11. The van der Waals surface area contributed by atoms with Crippen LogP contribution in [0.25, 0.3) is 0 Å². The molecule has 2 heterocycles. The number of hydrogen-bond donors (Lipinski definition) is 1. The Bertz CT molecular complexity index is 506. The third-order valence-corrected chi connectivity index (χ3v) is 4.94. The molecule has 0 radical (unpaired) electrons. The molecule has 1 aromatic rings. The van der Waals surface area contributed by atoms with Crippen molar-refractivity contribution in [3.05, 3.63) is 24.2 Å². The minimum Gasteiger partial charge on any atom is -0.469 e. The van der Waals surface area contributed by atoms with E-state index in [1.54, 1.807) is 6.26 Å². The van der Waals surface area contributed by atoms with Crippen molar-refractivity contribution in [3.8, 4) is 0 Å². The van der Waals surface area contributed by atoms with E-state index in [0.717, 1.165) is 77.0 Å². The van der Waals surface area contributed by atoms with E-state index in [9.17, 15) is 0 Å². The Morgan fingerprint density at radius 3 is 2.85 bits per heavy atom. The minimum atomic E-state index is 0. The number of nitrogens with one attached hydrogen (secondary N) is 1. The molecule has 0 amide bonds. The molecule has 1 fully saturated rings. The molecule has 1 aliphatic rings. The minimum absolute atomic E-state index is 0. The van der Waals surface area contributed by atoms with Crippen LogP contribution in [0.3, 0.4) is 0 Å². The standard InChI is InChI=1S/C20H36N4O2.HI/c1-4-23(5-2)18-11-14-24(17-18)20(21-12-8-15-25-6-3)22-13-10-19-9-7-16-26-19;/h7,9,16,18H,4-6,8,10-15,17H2,1-3H3,(H,21,22);1H. The third-order valence-electron chi connectivity index (χ3n) is 4.94. The van der Waals surface area contributed by atoms with E-state index in [-0.39, 0.29) is 24.0 Å². The summed E-state index contributed by atoms with van der Waals surface area (Å²) in [6.45, 7) is 14.1. The molecule has 0 saturated carbocycles. The van der Waals surface area contributed by atoms with Crippen LogP contribution in [0, 0.1) is 0 Å². The summed E-state index contributed by atoms with van der Waals surface area (Å²) < 4.78 is 10.9. The van der Waals surface area contributed by atoms with Crippen LogP contribution in [0.15, 0.2) is 27.8 Å². The van der Waals surface area contributed by atoms with Gasteiger partial charge in [0.2, 0.25) is 0 Å². The van der Waals surface area contributed by atoms with E-state index in [1.807, 2.05) is 19.1 Å². The van der Waals surface area contributed by atoms with Crippen molar-refractivity contribution < 1.29 is 9.15 Å². The van der Waals surface area contributed by atoms with E-state index in [0.29, 0.717) is 6.04 Å². The summed E-state index contributed by atoms with van der Waals surface area (Å²) in [7, 11) is 0. The molecule has 1 unspecified atom stereocenters. The summed E-state index contributed by atoms with van der Waals surface area (Å²) in [5, 5.41) is 3.54. The number of halogens is 1. The lowest BCUT2D eigenvalue weighted by atomic mass is 10.2. The van der Waals surface area contributed by atoms with Crippen molar-refractivity contribution >= 4 is 29.9 Å². The molecular formula is C20H37IN4O2. The maximum absolute atomic E-state index is 5.43.